The van der Waals surface area contributed by atoms with Gasteiger partial charge in [-0.3, -0.25) is 4.79 Å². The topological polar surface area (TPSA) is 65.1 Å². The first-order valence-electron chi connectivity index (χ1n) is 7.24. The molecule has 0 spiro atoms. The summed E-state index contributed by atoms with van der Waals surface area (Å²) >= 11 is 1.67. The molecule has 0 radical (unpaired) electrons. The van der Waals surface area contributed by atoms with Crippen molar-refractivity contribution in [1.29, 1.82) is 0 Å². The molecule has 4 nitrogen and oxygen atoms in total. The van der Waals surface area contributed by atoms with Gasteiger partial charge in [-0.1, -0.05) is 25.1 Å². The summed E-state index contributed by atoms with van der Waals surface area (Å²) in [5.74, 6) is -0.0278. The standard InChI is InChI=1S/C16H22N2O2S/c1-3-9-17-16(2,15(19)20)8-10-21-14-11-12-6-4-5-7-13(12)18-14/h4-7,11,17-18H,3,8-10H2,1-2H3,(H,19,20). The first-order valence-corrected chi connectivity index (χ1v) is 8.23. The van der Waals surface area contributed by atoms with E-state index in [1.165, 1.54) is 5.39 Å². The van der Waals surface area contributed by atoms with E-state index in [1.807, 2.05) is 25.1 Å². The molecule has 1 heterocycles. The summed E-state index contributed by atoms with van der Waals surface area (Å²) in [6.07, 6.45) is 1.51. The van der Waals surface area contributed by atoms with E-state index in [0.29, 0.717) is 6.42 Å². The van der Waals surface area contributed by atoms with Gasteiger partial charge in [0.25, 0.3) is 0 Å². The molecule has 0 bridgehead atoms. The first kappa shape index (κ1) is 15.9. The van der Waals surface area contributed by atoms with Gasteiger partial charge in [0, 0.05) is 16.7 Å². The minimum atomic E-state index is -0.852. The quantitative estimate of drug-likeness (QED) is 0.653. The Balaban J connectivity index is 1.93. The van der Waals surface area contributed by atoms with E-state index >= 15 is 0 Å². The zero-order chi connectivity index (χ0) is 15.3. The number of carboxylic acid groups (broad SMARTS) is 1. The number of aromatic amines is 1. The summed E-state index contributed by atoms with van der Waals surface area (Å²) in [7, 11) is 0. The van der Waals surface area contributed by atoms with Crippen LogP contribution in [-0.4, -0.2) is 33.9 Å². The Hall–Kier alpha value is -1.46. The highest BCUT2D eigenvalue weighted by Crippen LogP contribution is 2.25. The van der Waals surface area contributed by atoms with Crippen molar-refractivity contribution in [3.05, 3.63) is 30.3 Å². The van der Waals surface area contributed by atoms with Crippen LogP contribution in [0.2, 0.25) is 0 Å². The van der Waals surface area contributed by atoms with E-state index in [1.54, 1.807) is 18.7 Å². The minimum Gasteiger partial charge on any atom is -0.480 e. The highest BCUT2D eigenvalue weighted by atomic mass is 32.2. The average Bonchev–Trinajstić information content (AvgIpc) is 2.87. The summed E-state index contributed by atoms with van der Waals surface area (Å²) in [5.41, 5.74) is 0.264. The maximum atomic E-state index is 11.4. The van der Waals surface area contributed by atoms with E-state index in [0.717, 1.165) is 29.3 Å². The number of carbonyl (C=O) groups is 1. The van der Waals surface area contributed by atoms with Gasteiger partial charge >= 0.3 is 5.97 Å². The first-order chi connectivity index (χ1) is 10.0. The largest absolute Gasteiger partial charge is 0.480 e. The number of carboxylic acids is 1. The van der Waals surface area contributed by atoms with Crippen LogP contribution in [0.5, 0.6) is 0 Å². The number of aromatic nitrogens is 1. The number of H-pyrrole nitrogens is 1. The maximum Gasteiger partial charge on any atom is 0.323 e. The van der Waals surface area contributed by atoms with Crippen molar-refractivity contribution in [2.24, 2.45) is 0 Å². The van der Waals surface area contributed by atoms with Crippen LogP contribution in [0.15, 0.2) is 35.4 Å². The molecule has 0 aliphatic heterocycles. The second kappa shape index (κ2) is 7.00. The van der Waals surface area contributed by atoms with Gasteiger partial charge in [-0.05, 0) is 38.4 Å². The molecule has 0 saturated carbocycles. The molecule has 0 amide bonds. The van der Waals surface area contributed by atoms with E-state index in [9.17, 15) is 9.90 Å². The van der Waals surface area contributed by atoms with Gasteiger partial charge < -0.3 is 15.4 Å². The highest BCUT2D eigenvalue weighted by Gasteiger charge is 2.31. The molecule has 1 aromatic heterocycles. The van der Waals surface area contributed by atoms with Crippen LogP contribution in [-0.2, 0) is 4.79 Å². The van der Waals surface area contributed by atoms with E-state index < -0.39 is 11.5 Å². The molecule has 0 aliphatic carbocycles. The number of aliphatic carboxylic acids is 1. The number of fused-ring (bicyclic) bond motifs is 1. The molecule has 1 aromatic carbocycles. The van der Waals surface area contributed by atoms with Gasteiger partial charge in [0.05, 0.1) is 5.03 Å². The smallest absolute Gasteiger partial charge is 0.323 e. The average molecular weight is 306 g/mol. The lowest BCUT2D eigenvalue weighted by Crippen LogP contribution is -2.50. The molecule has 0 aliphatic rings. The summed E-state index contributed by atoms with van der Waals surface area (Å²) in [6.45, 7) is 4.52. The molecule has 1 atom stereocenters. The fraction of sp³-hybridized carbons (Fsp3) is 0.438. The number of hydrogen-bond donors (Lipinski definition) is 3. The number of nitrogens with one attached hydrogen (secondary N) is 2. The third-order valence-electron chi connectivity index (χ3n) is 3.60. The number of hydrogen-bond acceptors (Lipinski definition) is 3. The van der Waals surface area contributed by atoms with E-state index in [-0.39, 0.29) is 0 Å². The van der Waals surface area contributed by atoms with Crippen LogP contribution < -0.4 is 5.32 Å². The lowest BCUT2D eigenvalue weighted by atomic mass is 9.99. The molecule has 114 valence electrons. The van der Waals surface area contributed by atoms with Crippen LogP contribution >= 0.6 is 11.8 Å². The predicted molar refractivity (Wildman–Crippen MR) is 88.0 cm³/mol. The summed E-state index contributed by atoms with van der Waals surface area (Å²) in [4.78, 5) is 14.8. The number of rotatable bonds is 8. The van der Waals surface area contributed by atoms with Crippen LogP contribution in [0.25, 0.3) is 10.9 Å². The summed E-state index contributed by atoms with van der Waals surface area (Å²) < 4.78 is 0. The van der Waals surface area contributed by atoms with Crippen LogP contribution in [0, 0.1) is 0 Å². The Kier molecular flexibility index (Phi) is 5.31. The predicted octanol–water partition coefficient (Wildman–Crippen LogP) is 3.49. The van der Waals surface area contributed by atoms with Crippen LogP contribution in [0.3, 0.4) is 0 Å². The van der Waals surface area contributed by atoms with Crippen molar-refractivity contribution < 1.29 is 9.90 Å². The lowest BCUT2D eigenvalue weighted by Gasteiger charge is -2.25. The van der Waals surface area contributed by atoms with Crippen molar-refractivity contribution in [3.8, 4) is 0 Å². The van der Waals surface area contributed by atoms with Gasteiger partial charge in [0.2, 0.25) is 0 Å². The summed E-state index contributed by atoms with van der Waals surface area (Å²) in [5, 5.41) is 14.8. The SMILES string of the molecule is CCCNC(C)(CCSc1cc2ccccc2[nH]1)C(=O)O. The monoisotopic (exact) mass is 306 g/mol. The third-order valence-corrected chi connectivity index (χ3v) is 4.54. The second-order valence-electron chi connectivity index (χ2n) is 5.38. The maximum absolute atomic E-state index is 11.4. The Bertz CT molecular complexity index is 578. The van der Waals surface area contributed by atoms with Gasteiger partial charge in [-0.15, -0.1) is 11.8 Å². The van der Waals surface area contributed by atoms with Gasteiger partial charge in [-0.25, -0.2) is 0 Å². The van der Waals surface area contributed by atoms with Crippen molar-refractivity contribution in [3.63, 3.8) is 0 Å². The molecule has 2 rings (SSSR count). The van der Waals surface area contributed by atoms with Crippen molar-refractivity contribution in [1.82, 2.24) is 10.3 Å². The minimum absolute atomic E-state index is 0.586. The van der Waals surface area contributed by atoms with Gasteiger partial charge in [0.15, 0.2) is 0 Å². The van der Waals surface area contributed by atoms with E-state index in [4.69, 9.17) is 0 Å². The normalized spacial score (nSPS) is 14.2. The van der Waals surface area contributed by atoms with Crippen molar-refractivity contribution in [2.45, 2.75) is 37.3 Å². The second-order valence-corrected chi connectivity index (χ2v) is 6.52. The number of benzene rings is 1. The van der Waals surface area contributed by atoms with Gasteiger partial charge in [-0.2, -0.15) is 0 Å². The molecule has 3 N–H and O–H groups in total. The zero-order valence-corrected chi connectivity index (χ0v) is 13.3. The Morgan fingerprint density at radius 3 is 2.86 bits per heavy atom. The number of thioether (sulfide) groups is 1. The molecule has 1 unspecified atom stereocenters. The molecule has 0 fully saturated rings. The zero-order valence-electron chi connectivity index (χ0n) is 12.5. The van der Waals surface area contributed by atoms with Crippen LogP contribution in [0.1, 0.15) is 26.7 Å². The van der Waals surface area contributed by atoms with Crippen LogP contribution in [0.4, 0.5) is 0 Å². The molecule has 2 aromatic rings. The fourth-order valence-electron chi connectivity index (χ4n) is 2.16. The third kappa shape index (κ3) is 4.02. The molecule has 21 heavy (non-hydrogen) atoms. The fourth-order valence-corrected chi connectivity index (χ4v) is 3.28. The molecule has 0 saturated heterocycles. The highest BCUT2D eigenvalue weighted by molar-refractivity contribution is 7.99. The molecule has 5 heteroatoms. The van der Waals surface area contributed by atoms with Crippen molar-refractivity contribution in [2.75, 3.05) is 12.3 Å². The Morgan fingerprint density at radius 1 is 1.43 bits per heavy atom. The van der Waals surface area contributed by atoms with Crippen molar-refractivity contribution >= 4 is 28.6 Å². The Labute approximate surface area is 129 Å². The number of para-hydroxylation sites is 1. The van der Waals surface area contributed by atoms with Gasteiger partial charge in [0.1, 0.15) is 5.54 Å². The summed E-state index contributed by atoms with van der Waals surface area (Å²) in [6, 6.07) is 10.2. The van der Waals surface area contributed by atoms with E-state index in [2.05, 4.69) is 22.4 Å². The molecular formula is C16H22N2O2S. The Morgan fingerprint density at radius 2 is 2.19 bits per heavy atom. The lowest BCUT2D eigenvalue weighted by molar-refractivity contribution is -0.144. The molecular weight excluding hydrogens is 284 g/mol.